The number of nitrogens with one attached hydrogen (secondary N) is 1. The van der Waals surface area contributed by atoms with E-state index in [4.69, 9.17) is 4.74 Å². The highest BCUT2D eigenvalue weighted by Gasteiger charge is 2.32. The molecule has 0 bridgehead atoms. The number of rotatable bonds is 5. The maximum Gasteiger partial charge on any atom is 0.271 e. The number of hydrogen-bond acceptors (Lipinski definition) is 6. The van der Waals surface area contributed by atoms with Crippen LogP contribution >= 0.6 is 27.3 Å². The summed E-state index contributed by atoms with van der Waals surface area (Å²) >= 11 is 4.61. The van der Waals surface area contributed by atoms with Gasteiger partial charge in [0.15, 0.2) is 4.80 Å². The summed E-state index contributed by atoms with van der Waals surface area (Å²) < 4.78 is 8.12. The average Bonchev–Trinajstić information content (AvgIpc) is 3.20. The van der Waals surface area contributed by atoms with Crippen LogP contribution in [-0.2, 0) is 4.79 Å². The van der Waals surface area contributed by atoms with Gasteiger partial charge in [-0.3, -0.25) is 14.2 Å². The highest BCUT2D eigenvalue weighted by atomic mass is 79.9. The third kappa shape index (κ3) is 4.87. The molecule has 2 heterocycles. The summed E-state index contributed by atoms with van der Waals surface area (Å²) in [5.74, 6) is 0.313. The maximum absolute atomic E-state index is 13.8. The Morgan fingerprint density at radius 3 is 2.68 bits per heavy atom. The van der Waals surface area contributed by atoms with Crippen molar-refractivity contribution in [1.82, 2.24) is 4.57 Å². The van der Waals surface area contributed by atoms with Crippen molar-refractivity contribution in [3.63, 3.8) is 0 Å². The van der Waals surface area contributed by atoms with E-state index in [2.05, 4.69) is 26.2 Å². The molecule has 7 nitrogen and oxygen atoms in total. The standard InChI is InChI=1S/C28H22BrN3O4S/c1-16-24(26(34)31-20-8-4-3-5-9-20)25(17-7-6-10-21(14-17)36-2)32-27(35)23(37-28(32)30-16)15-18-13-19(29)11-12-22(18)33/h3-15,25,33H,1-2H3,(H,31,34)/b23-15-/t25-/m1/s1. The Kier molecular flexibility index (Phi) is 6.82. The number of ether oxygens (including phenoxy) is 1. The molecular weight excluding hydrogens is 554 g/mol. The molecule has 0 radical (unpaired) electrons. The van der Waals surface area contributed by atoms with E-state index < -0.39 is 6.04 Å². The number of amides is 1. The molecular formula is C28H22BrN3O4S. The number of methoxy groups -OCH3 is 1. The molecule has 5 rings (SSSR count). The molecule has 0 aliphatic carbocycles. The molecule has 0 unspecified atom stereocenters. The summed E-state index contributed by atoms with van der Waals surface area (Å²) in [4.78, 5) is 32.5. The first-order chi connectivity index (χ1) is 17.9. The van der Waals surface area contributed by atoms with Crippen LogP contribution in [0.5, 0.6) is 11.5 Å². The van der Waals surface area contributed by atoms with Crippen molar-refractivity contribution in [3.05, 3.63) is 119 Å². The van der Waals surface area contributed by atoms with Gasteiger partial charge in [-0.15, -0.1) is 0 Å². The minimum absolute atomic E-state index is 0.0532. The van der Waals surface area contributed by atoms with Crippen molar-refractivity contribution in [1.29, 1.82) is 0 Å². The third-order valence-electron chi connectivity index (χ3n) is 5.98. The monoisotopic (exact) mass is 575 g/mol. The van der Waals surface area contributed by atoms with Crippen LogP contribution < -0.4 is 24.9 Å². The molecule has 2 N–H and O–H groups in total. The Morgan fingerprint density at radius 2 is 1.92 bits per heavy atom. The summed E-state index contributed by atoms with van der Waals surface area (Å²) in [6, 6.07) is 20.7. The minimum Gasteiger partial charge on any atom is -0.507 e. The molecule has 9 heteroatoms. The van der Waals surface area contributed by atoms with Gasteiger partial charge in [0, 0.05) is 15.7 Å². The number of halogens is 1. The van der Waals surface area contributed by atoms with E-state index in [1.165, 1.54) is 15.9 Å². The fraction of sp³-hybridized carbons (Fsp3) is 0.107. The lowest BCUT2D eigenvalue weighted by Crippen LogP contribution is -2.40. The quantitative estimate of drug-likeness (QED) is 0.370. The molecule has 37 heavy (non-hydrogen) atoms. The second kappa shape index (κ2) is 10.2. The second-order valence-corrected chi connectivity index (χ2v) is 10.3. The van der Waals surface area contributed by atoms with E-state index in [1.54, 1.807) is 50.4 Å². The molecule has 1 aliphatic heterocycles. The Bertz CT molecular complexity index is 1720. The average molecular weight is 576 g/mol. The van der Waals surface area contributed by atoms with Crippen molar-refractivity contribution < 1.29 is 14.6 Å². The Morgan fingerprint density at radius 1 is 1.14 bits per heavy atom. The van der Waals surface area contributed by atoms with Crippen molar-refractivity contribution in [2.24, 2.45) is 4.99 Å². The highest BCUT2D eigenvalue weighted by molar-refractivity contribution is 9.10. The number of carbonyl (C=O) groups excluding carboxylic acids is 1. The summed E-state index contributed by atoms with van der Waals surface area (Å²) in [5, 5.41) is 13.3. The molecule has 0 saturated heterocycles. The smallest absolute Gasteiger partial charge is 0.271 e. The lowest BCUT2D eigenvalue weighted by molar-refractivity contribution is -0.113. The predicted molar refractivity (Wildman–Crippen MR) is 148 cm³/mol. The van der Waals surface area contributed by atoms with E-state index in [0.717, 1.165) is 4.47 Å². The number of nitrogens with zero attached hydrogens (tertiary/aromatic N) is 2. The third-order valence-corrected chi connectivity index (χ3v) is 7.46. The van der Waals surface area contributed by atoms with Crippen molar-refractivity contribution in [2.45, 2.75) is 13.0 Å². The fourth-order valence-electron chi connectivity index (χ4n) is 4.24. The number of thiazole rings is 1. The van der Waals surface area contributed by atoms with Gasteiger partial charge in [-0.25, -0.2) is 4.99 Å². The van der Waals surface area contributed by atoms with Crippen LogP contribution in [0.4, 0.5) is 5.69 Å². The molecule has 1 amide bonds. The van der Waals surface area contributed by atoms with Crippen LogP contribution in [0.2, 0.25) is 0 Å². The Hall–Kier alpha value is -3.95. The molecule has 3 aromatic carbocycles. The van der Waals surface area contributed by atoms with Crippen molar-refractivity contribution in [2.75, 3.05) is 12.4 Å². The fourth-order valence-corrected chi connectivity index (χ4v) is 5.66. The van der Waals surface area contributed by atoms with Gasteiger partial charge < -0.3 is 15.2 Å². The zero-order valence-electron chi connectivity index (χ0n) is 19.9. The molecule has 0 fully saturated rings. The number of benzene rings is 3. The van der Waals surface area contributed by atoms with Crippen LogP contribution in [0.3, 0.4) is 0 Å². The van der Waals surface area contributed by atoms with E-state index in [1.807, 2.05) is 42.5 Å². The number of allylic oxidation sites excluding steroid dienone is 1. The Balaban J connectivity index is 1.71. The second-order valence-electron chi connectivity index (χ2n) is 8.38. The number of aromatic hydroxyl groups is 1. The first-order valence-electron chi connectivity index (χ1n) is 11.4. The first-order valence-corrected chi connectivity index (χ1v) is 13.0. The van der Waals surface area contributed by atoms with Gasteiger partial charge in [-0.2, -0.15) is 0 Å². The number of carbonyl (C=O) groups is 1. The SMILES string of the molecule is COc1cccc([C@@H]2C(C(=O)Nc3ccccc3)=C(C)N=c3s/c(=C\c4cc(Br)ccc4O)c(=O)n32)c1. The number of anilines is 1. The normalized spacial score (nSPS) is 15.2. The van der Waals surface area contributed by atoms with Gasteiger partial charge in [0.05, 0.1) is 29.0 Å². The number of phenols is 1. The molecule has 1 aliphatic rings. The predicted octanol–water partition coefficient (Wildman–Crippen LogP) is 4.35. The largest absolute Gasteiger partial charge is 0.507 e. The van der Waals surface area contributed by atoms with Crippen LogP contribution in [0.15, 0.2) is 98.3 Å². The summed E-state index contributed by atoms with van der Waals surface area (Å²) in [6.45, 7) is 1.77. The van der Waals surface area contributed by atoms with Gasteiger partial charge in [0.25, 0.3) is 11.5 Å². The van der Waals surface area contributed by atoms with Gasteiger partial charge >= 0.3 is 0 Å². The molecule has 4 aromatic rings. The molecule has 186 valence electrons. The molecule has 0 spiro atoms. The number of phenolic OH excluding ortho intramolecular Hbond substituents is 1. The zero-order chi connectivity index (χ0) is 26.1. The summed E-state index contributed by atoms with van der Waals surface area (Å²) in [5.41, 5.74) is 2.41. The van der Waals surface area contributed by atoms with Crippen LogP contribution in [0.1, 0.15) is 24.1 Å². The first kappa shape index (κ1) is 24.7. The van der Waals surface area contributed by atoms with Crippen LogP contribution in [0.25, 0.3) is 6.08 Å². The maximum atomic E-state index is 13.8. The van der Waals surface area contributed by atoms with E-state index in [-0.39, 0.29) is 17.2 Å². The Labute approximate surface area is 224 Å². The molecule has 0 saturated carbocycles. The number of para-hydroxylation sites is 1. The lowest BCUT2D eigenvalue weighted by atomic mass is 9.95. The van der Waals surface area contributed by atoms with Gasteiger partial charge in [-0.05, 0) is 61.0 Å². The van der Waals surface area contributed by atoms with E-state index >= 15 is 0 Å². The zero-order valence-corrected chi connectivity index (χ0v) is 22.3. The topological polar surface area (TPSA) is 92.9 Å². The number of aromatic nitrogens is 1. The van der Waals surface area contributed by atoms with Gasteiger partial charge in [0.1, 0.15) is 11.5 Å². The van der Waals surface area contributed by atoms with E-state index in [0.29, 0.717) is 43.2 Å². The molecule has 1 aromatic heterocycles. The van der Waals surface area contributed by atoms with Crippen LogP contribution in [0, 0.1) is 0 Å². The summed E-state index contributed by atoms with van der Waals surface area (Å²) in [7, 11) is 1.57. The van der Waals surface area contributed by atoms with Gasteiger partial charge in [-0.1, -0.05) is 57.6 Å². The highest BCUT2D eigenvalue weighted by Crippen LogP contribution is 2.32. The van der Waals surface area contributed by atoms with Crippen LogP contribution in [-0.4, -0.2) is 22.7 Å². The van der Waals surface area contributed by atoms with Crippen molar-refractivity contribution in [3.8, 4) is 11.5 Å². The minimum atomic E-state index is -0.728. The number of fused-ring (bicyclic) bond motifs is 1. The summed E-state index contributed by atoms with van der Waals surface area (Å²) in [6.07, 6.45) is 1.63. The van der Waals surface area contributed by atoms with E-state index in [9.17, 15) is 14.7 Å². The lowest BCUT2D eigenvalue weighted by Gasteiger charge is -2.25. The number of hydrogen-bond donors (Lipinski definition) is 2. The van der Waals surface area contributed by atoms with Crippen molar-refractivity contribution >= 4 is 44.9 Å². The molecule has 1 atom stereocenters. The van der Waals surface area contributed by atoms with Gasteiger partial charge in [0.2, 0.25) is 0 Å².